The molecule has 5 nitrogen and oxygen atoms in total. The number of nitrogens with one attached hydrogen (secondary N) is 1. The molecule has 0 unspecified atom stereocenters. The highest BCUT2D eigenvalue weighted by molar-refractivity contribution is 9.10. The molecule has 0 saturated heterocycles. The summed E-state index contributed by atoms with van der Waals surface area (Å²) in [6, 6.07) is 15.5. The minimum atomic E-state index is 0.624. The molecule has 0 spiro atoms. The van der Waals surface area contributed by atoms with Crippen molar-refractivity contribution in [3.05, 3.63) is 71.6 Å². The first-order valence-electron chi connectivity index (χ1n) is 7.35. The number of pyridine rings is 2. The summed E-state index contributed by atoms with van der Waals surface area (Å²) in [6.45, 7) is 0. The summed E-state index contributed by atoms with van der Waals surface area (Å²) >= 11 is 3.49. The molecule has 0 saturated carbocycles. The Labute approximate surface area is 147 Å². The van der Waals surface area contributed by atoms with Crippen LogP contribution in [0.1, 0.15) is 0 Å². The van der Waals surface area contributed by atoms with Crippen LogP contribution in [-0.4, -0.2) is 19.9 Å². The Morgan fingerprint density at radius 3 is 2.58 bits per heavy atom. The molecule has 1 aromatic carbocycles. The van der Waals surface area contributed by atoms with Crippen molar-refractivity contribution in [2.75, 3.05) is 5.32 Å². The molecule has 0 bridgehead atoms. The first-order valence-corrected chi connectivity index (χ1v) is 8.15. The maximum atomic E-state index is 4.70. The SMILES string of the molecule is Brc1cccc(-c2nc(Nc3ccncc3)c3cccnc3n2)c1. The highest BCUT2D eigenvalue weighted by Crippen LogP contribution is 2.27. The standard InChI is InChI=1S/C18H12BrN5/c19-13-4-1-3-12(11-13)16-23-17-15(5-2-8-21-17)18(24-16)22-14-6-9-20-10-7-14/h1-11H,(H,20,21,22,23,24). The van der Waals surface area contributed by atoms with Gasteiger partial charge in [-0.15, -0.1) is 0 Å². The maximum absolute atomic E-state index is 4.70. The van der Waals surface area contributed by atoms with Crippen molar-refractivity contribution in [1.82, 2.24) is 19.9 Å². The third-order valence-corrected chi connectivity index (χ3v) is 3.99. The summed E-state index contributed by atoms with van der Waals surface area (Å²) in [7, 11) is 0. The molecule has 1 N–H and O–H groups in total. The van der Waals surface area contributed by atoms with Gasteiger partial charge in [0.1, 0.15) is 5.82 Å². The largest absolute Gasteiger partial charge is 0.339 e. The highest BCUT2D eigenvalue weighted by Gasteiger charge is 2.10. The molecular formula is C18H12BrN5. The van der Waals surface area contributed by atoms with Gasteiger partial charge in [0.05, 0.1) is 5.39 Å². The van der Waals surface area contributed by atoms with E-state index in [4.69, 9.17) is 4.98 Å². The molecule has 116 valence electrons. The van der Waals surface area contributed by atoms with Crippen LogP contribution in [0.5, 0.6) is 0 Å². The summed E-state index contributed by atoms with van der Waals surface area (Å²) in [4.78, 5) is 17.7. The van der Waals surface area contributed by atoms with Crippen molar-refractivity contribution >= 4 is 38.5 Å². The highest BCUT2D eigenvalue weighted by atomic mass is 79.9. The number of hydrogen-bond acceptors (Lipinski definition) is 5. The second-order valence-electron chi connectivity index (χ2n) is 5.14. The summed E-state index contributed by atoms with van der Waals surface area (Å²) in [5.74, 6) is 1.34. The first kappa shape index (κ1) is 14.7. The summed E-state index contributed by atoms with van der Waals surface area (Å²) in [6.07, 6.45) is 5.20. The van der Waals surface area contributed by atoms with Crippen LogP contribution in [0.25, 0.3) is 22.4 Å². The van der Waals surface area contributed by atoms with Gasteiger partial charge in [0, 0.05) is 34.3 Å². The van der Waals surface area contributed by atoms with Crippen LogP contribution < -0.4 is 5.32 Å². The molecule has 24 heavy (non-hydrogen) atoms. The maximum Gasteiger partial charge on any atom is 0.165 e. The monoisotopic (exact) mass is 377 g/mol. The fraction of sp³-hybridized carbons (Fsp3) is 0. The minimum Gasteiger partial charge on any atom is -0.339 e. The number of nitrogens with zero attached hydrogens (tertiary/aromatic N) is 4. The molecule has 0 aliphatic heterocycles. The predicted molar refractivity (Wildman–Crippen MR) is 98.0 cm³/mol. The van der Waals surface area contributed by atoms with Crippen molar-refractivity contribution in [3.63, 3.8) is 0 Å². The lowest BCUT2D eigenvalue weighted by atomic mass is 10.2. The quantitative estimate of drug-likeness (QED) is 0.565. The normalized spacial score (nSPS) is 10.7. The Hall–Kier alpha value is -2.86. The number of hydrogen-bond donors (Lipinski definition) is 1. The van der Waals surface area contributed by atoms with Gasteiger partial charge in [-0.25, -0.2) is 15.0 Å². The molecule has 0 atom stereocenters. The van der Waals surface area contributed by atoms with Crippen molar-refractivity contribution in [1.29, 1.82) is 0 Å². The fourth-order valence-electron chi connectivity index (χ4n) is 2.39. The lowest BCUT2D eigenvalue weighted by molar-refractivity contribution is 1.18. The number of aromatic nitrogens is 4. The van der Waals surface area contributed by atoms with Crippen molar-refractivity contribution in [2.24, 2.45) is 0 Å². The van der Waals surface area contributed by atoms with Crippen molar-refractivity contribution in [2.45, 2.75) is 0 Å². The third-order valence-electron chi connectivity index (χ3n) is 3.50. The summed E-state index contributed by atoms with van der Waals surface area (Å²) in [5, 5.41) is 4.20. The number of anilines is 2. The zero-order valence-electron chi connectivity index (χ0n) is 12.5. The molecule has 0 amide bonds. The van der Waals surface area contributed by atoms with E-state index < -0.39 is 0 Å². The van der Waals surface area contributed by atoms with Crippen molar-refractivity contribution in [3.8, 4) is 11.4 Å². The lowest BCUT2D eigenvalue weighted by Crippen LogP contribution is -2.00. The Balaban J connectivity index is 1.88. The van der Waals surface area contributed by atoms with Crippen LogP contribution in [-0.2, 0) is 0 Å². The van der Waals surface area contributed by atoms with Crippen molar-refractivity contribution < 1.29 is 0 Å². The molecule has 4 rings (SSSR count). The molecule has 0 aliphatic carbocycles. The first-order chi connectivity index (χ1) is 11.8. The fourth-order valence-corrected chi connectivity index (χ4v) is 2.79. The van der Waals surface area contributed by atoms with Gasteiger partial charge in [0.2, 0.25) is 0 Å². The second kappa shape index (κ2) is 6.33. The van der Waals surface area contributed by atoms with E-state index in [0.29, 0.717) is 17.3 Å². The molecule has 0 aliphatic rings. The second-order valence-corrected chi connectivity index (χ2v) is 6.06. The average Bonchev–Trinajstić information content (AvgIpc) is 2.62. The van der Waals surface area contributed by atoms with Crippen LogP contribution in [0.15, 0.2) is 71.6 Å². The number of fused-ring (bicyclic) bond motifs is 1. The summed E-state index contributed by atoms with van der Waals surface area (Å²) in [5.41, 5.74) is 2.49. The molecule has 0 radical (unpaired) electrons. The lowest BCUT2D eigenvalue weighted by Gasteiger charge is -2.10. The zero-order valence-corrected chi connectivity index (χ0v) is 14.1. The number of rotatable bonds is 3. The number of halogens is 1. The molecule has 4 aromatic rings. The van der Waals surface area contributed by atoms with E-state index in [1.807, 2.05) is 48.5 Å². The Kier molecular flexibility index (Phi) is 3.88. The Morgan fingerprint density at radius 1 is 0.875 bits per heavy atom. The van der Waals surface area contributed by atoms with Gasteiger partial charge in [-0.1, -0.05) is 28.1 Å². The molecule has 6 heteroatoms. The smallest absolute Gasteiger partial charge is 0.165 e. The van der Waals surface area contributed by atoms with E-state index in [9.17, 15) is 0 Å². The van der Waals surface area contributed by atoms with Crippen LogP contribution in [0.3, 0.4) is 0 Å². The minimum absolute atomic E-state index is 0.624. The van der Waals surface area contributed by atoms with E-state index >= 15 is 0 Å². The van der Waals surface area contributed by atoms with E-state index in [2.05, 4.69) is 36.2 Å². The van der Waals surface area contributed by atoms with Gasteiger partial charge in [0.15, 0.2) is 11.5 Å². The molecule has 0 fully saturated rings. The van der Waals surface area contributed by atoms with Crippen LogP contribution in [0, 0.1) is 0 Å². The topological polar surface area (TPSA) is 63.6 Å². The number of benzene rings is 1. The molecular weight excluding hydrogens is 366 g/mol. The third kappa shape index (κ3) is 2.96. The van der Waals surface area contributed by atoms with Crippen LogP contribution in [0.2, 0.25) is 0 Å². The predicted octanol–water partition coefficient (Wildman–Crippen LogP) is 4.59. The zero-order chi connectivity index (χ0) is 16.4. The van der Waals surface area contributed by atoms with Gasteiger partial charge in [-0.05, 0) is 36.4 Å². The van der Waals surface area contributed by atoms with Crippen LogP contribution in [0.4, 0.5) is 11.5 Å². The van der Waals surface area contributed by atoms with E-state index in [-0.39, 0.29) is 0 Å². The van der Waals surface area contributed by atoms with Gasteiger partial charge in [-0.2, -0.15) is 0 Å². The van der Waals surface area contributed by atoms with E-state index in [1.54, 1.807) is 18.6 Å². The average molecular weight is 378 g/mol. The van der Waals surface area contributed by atoms with Gasteiger partial charge >= 0.3 is 0 Å². The van der Waals surface area contributed by atoms with Gasteiger partial charge < -0.3 is 5.32 Å². The molecule has 3 heterocycles. The van der Waals surface area contributed by atoms with E-state index in [0.717, 1.165) is 21.1 Å². The van der Waals surface area contributed by atoms with Gasteiger partial charge in [0.25, 0.3) is 0 Å². The molecule has 3 aromatic heterocycles. The van der Waals surface area contributed by atoms with Gasteiger partial charge in [-0.3, -0.25) is 4.98 Å². The summed E-state index contributed by atoms with van der Waals surface area (Å²) < 4.78 is 0.980. The van der Waals surface area contributed by atoms with E-state index in [1.165, 1.54) is 0 Å². The Bertz CT molecular complexity index is 1000. The van der Waals surface area contributed by atoms with Crippen LogP contribution >= 0.6 is 15.9 Å². The Morgan fingerprint density at radius 2 is 1.75 bits per heavy atom.